The summed E-state index contributed by atoms with van der Waals surface area (Å²) in [4.78, 5) is 11.2. The first-order valence-corrected chi connectivity index (χ1v) is 7.38. The van der Waals surface area contributed by atoms with E-state index in [4.69, 9.17) is 0 Å². The summed E-state index contributed by atoms with van der Waals surface area (Å²) in [6, 6.07) is 3.20. The third-order valence-electron chi connectivity index (χ3n) is 2.05. The van der Waals surface area contributed by atoms with Gasteiger partial charge in [-0.2, -0.15) is 0 Å². The van der Waals surface area contributed by atoms with Crippen LogP contribution in [-0.4, -0.2) is 15.1 Å². The Hall–Kier alpha value is -0.860. The Morgan fingerprint density at radius 2 is 2.24 bits per heavy atom. The van der Waals surface area contributed by atoms with Crippen molar-refractivity contribution in [3.8, 4) is 9.88 Å². The van der Waals surface area contributed by atoms with E-state index >= 15 is 0 Å². The van der Waals surface area contributed by atoms with Gasteiger partial charge in [-0.05, 0) is 12.5 Å². The van der Waals surface area contributed by atoms with Gasteiger partial charge in [-0.25, -0.2) is 0 Å². The molecule has 0 spiro atoms. The van der Waals surface area contributed by atoms with E-state index in [0.29, 0.717) is 0 Å². The zero-order valence-corrected chi connectivity index (χ0v) is 12.0. The summed E-state index contributed by atoms with van der Waals surface area (Å²) in [5.74, 6) is 0. The maximum absolute atomic E-state index is 10.6. The van der Waals surface area contributed by atoms with E-state index in [-0.39, 0.29) is 9.83 Å². The average molecular weight is 334 g/mol. The summed E-state index contributed by atoms with van der Waals surface area (Å²) < 4.78 is 0. The largest absolute Gasteiger partial charge is 0.324 e. The van der Waals surface area contributed by atoms with Crippen molar-refractivity contribution in [3.63, 3.8) is 0 Å². The Morgan fingerprint density at radius 3 is 2.82 bits per heavy atom. The number of aromatic nitrogens is 2. The number of nitrogens with zero attached hydrogens (tertiary/aromatic N) is 3. The standard InChI is InChI=1S/C9H8BrN3O2S2/c1-2-5(10)8-11-12-9(17-8)6-3-4-7(16-6)13(14)15/h3-5H,2H2,1H3. The Bertz CT molecular complexity index is 540. The maximum atomic E-state index is 10.6. The van der Waals surface area contributed by atoms with Gasteiger partial charge < -0.3 is 0 Å². The molecule has 0 saturated heterocycles. The topological polar surface area (TPSA) is 68.9 Å². The van der Waals surface area contributed by atoms with Gasteiger partial charge in [-0.1, -0.05) is 45.5 Å². The van der Waals surface area contributed by atoms with Crippen molar-refractivity contribution in [1.82, 2.24) is 10.2 Å². The van der Waals surface area contributed by atoms with E-state index in [1.54, 1.807) is 6.07 Å². The highest BCUT2D eigenvalue weighted by Gasteiger charge is 2.16. The van der Waals surface area contributed by atoms with Gasteiger partial charge in [0.15, 0.2) is 5.01 Å². The molecule has 0 aliphatic carbocycles. The molecule has 0 aliphatic rings. The summed E-state index contributed by atoms with van der Waals surface area (Å²) in [6.07, 6.45) is 0.930. The van der Waals surface area contributed by atoms with Gasteiger partial charge in [-0.3, -0.25) is 10.1 Å². The molecule has 0 amide bonds. The van der Waals surface area contributed by atoms with Crippen LogP contribution in [0, 0.1) is 10.1 Å². The van der Waals surface area contributed by atoms with Crippen LogP contribution in [0.1, 0.15) is 23.2 Å². The number of rotatable bonds is 4. The molecule has 1 atom stereocenters. The van der Waals surface area contributed by atoms with Crippen molar-refractivity contribution in [1.29, 1.82) is 0 Å². The average Bonchev–Trinajstić information content (AvgIpc) is 2.95. The molecule has 2 rings (SSSR count). The molecule has 0 fully saturated rings. The SMILES string of the molecule is CCC(Br)c1nnc(-c2ccc([N+](=O)[O-])s2)s1. The fraction of sp³-hybridized carbons (Fsp3) is 0.333. The van der Waals surface area contributed by atoms with Crippen molar-refractivity contribution in [3.05, 3.63) is 27.3 Å². The zero-order valence-electron chi connectivity index (χ0n) is 8.79. The van der Waals surface area contributed by atoms with Crippen molar-refractivity contribution in [2.24, 2.45) is 0 Å². The summed E-state index contributed by atoms with van der Waals surface area (Å²) in [5, 5.41) is 20.5. The van der Waals surface area contributed by atoms with Gasteiger partial charge >= 0.3 is 5.00 Å². The normalized spacial score (nSPS) is 12.6. The third-order valence-corrected chi connectivity index (χ3v) is 5.68. The smallest absolute Gasteiger partial charge is 0.258 e. The van der Waals surface area contributed by atoms with Crippen molar-refractivity contribution < 1.29 is 4.92 Å². The van der Waals surface area contributed by atoms with E-state index in [0.717, 1.165) is 32.7 Å². The Balaban J connectivity index is 2.27. The van der Waals surface area contributed by atoms with Gasteiger partial charge in [-0.15, -0.1) is 10.2 Å². The van der Waals surface area contributed by atoms with Gasteiger partial charge in [0.2, 0.25) is 0 Å². The monoisotopic (exact) mass is 333 g/mol. The summed E-state index contributed by atoms with van der Waals surface area (Å²) >= 11 is 6.08. The summed E-state index contributed by atoms with van der Waals surface area (Å²) in [5.41, 5.74) is 0. The first-order chi connectivity index (χ1) is 8.11. The number of halogens is 1. The Morgan fingerprint density at radius 1 is 1.47 bits per heavy atom. The van der Waals surface area contributed by atoms with E-state index < -0.39 is 4.92 Å². The van der Waals surface area contributed by atoms with Gasteiger partial charge in [0, 0.05) is 6.07 Å². The van der Waals surface area contributed by atoms with Crippen LogP contribution in [-0.2, 0) is 0 Å². The van der Waals surface area contributed by atoms with Crippen molar-refractivity contribution >= 4 is 43.6 Å². The highest BCUT2D eigenvalue weighted by molar-refractivity contribution is 9.09. The molecule has 2 aromatic heterocycles. The molecule has 90 valence electrons. The molecule has 0 aromatic carbocycles. The minimum absolute atomic E-state index is 0.127. The highest BCUT2D eigenvalue weighted by atomic mass is 79.9. The molecular weight excluding hydrogens is 326 g/mol. The van der Waals surface area contributed by atoms with Crippen LogP contribution in [0.15, 0.2) is 12.1 Å². The van der Waals surface area contributed by atoms with Crippen LogP contribution in [0.4, 0.5) is 5.00 Å². The quantitative estimate of drug-likeness (QED) is 0.481. The molecule has 0 bridgehead atoms. The summed E-state index contributed by atoms with van der Waals surface area (Å²) in [6.45, 7) is 2.05. The lowest BCUT2D eigenvalue weighted by Gasteiger charge is -1.97. The lowest BCUT2D eigenvalue weighted by Crippen LogP contribution is -1.84. The third kappa shape index (κ3) is 2.70. The molecular formula is C9H8BrN3O2S2. The molecule has 5 nitrogen and oxygen atoms in total. The number of nitro groups is 1. The van der Waals surface area contributed by atoms with Gasteiger partial charge in [0.1, 0.15) is 5.01 Å². The Labute approximate surface area is 114 Å². The maximum Gasteiger partial charge on any atom is 0.324 e. The summed E-state index contributed by atoms with van der Waals surface area (Å²) in [7, 11) is 0. The van der Waals surface area contributed by atoms with E-state index in [1.165, 1.54) is 17.4 Å². The second-order valence-electron chi connectivity index (χ2n) is 3.22. The molecule has 1 unspecified atom stereocenters. The lowest BCUT2D eigenvalue weighted by molar-refractivity contribution is -0.380. The highest BCUT2D eigenvalue weighted by Crippen LogP contribution is 2.37. The second-order valence-corrected chi connectivity index (χ2v) is 6.39. The zero-order chi connectivity index (χ0) is 12.4. The van der Waals surface area contributed by atoms with Gasteiger partial charge in [0.05, 0.1) is 14.6 Å². The molecule has 17 heavy (non-hydrogen) atoms. The van der Waals surface area contributed by atoms with Crippen LogP contribution in [0.3, 0.4) is 0 Å². The van der Waals surface area contributed by atoms with Crippen molar-refractivity contribution in [2.45, 2.75) is 18.2 Å². The molecule has 0 aliphatic heterocycles. The van der Waals surface area contributed by atoms with Crippen LogP contribution < -0.4 is 0 Å². The van der Waals surface area contributed by atoms with Crippen LogP contribution in [0.2, 0.25) is 0 Å². The fourth-order valence-corrected chi connectivity index (χ4v) is 3.32. The van der Waals surface area contributed by atoms with E-state index in [9.17, 15) is 10.1 Å². The molecule has 0 radical (unpaired) electrons. The molecule has 8 heteroatoms. The fourth-order valence-electron chi connectivity index (χ4n) is 1.18. The predicted octanol–water partition coefficient (Wildman–Crippen LogP) is 4.02. The first kappa shape index (κ1) is 12.6. The predicted molar refractivity (Wildman–Crippen MR) is 71.8 cm³/mol. The number of hydrogen-bond acceptors (Lipinski definition) is 6. The number of hydrogen-bond donors (Lipinski definition) is 0. The van der Waals surface area contributed by atoms with E-state index in [2.05, 4.69) is 33.1 Å². The number of alkyl halides is 1. The molecule has 2 aromatic rings. The van der Waals surface area contributed by atoms with Crippen molar-refractivity contribution in [2.75, 3.05) is 0 Å². The molecule has 0 N–H and O–H groups in total. The van der Waals surface area contributed by atoms with Crippen LogP contribution in [0.25, 0.3) is 9.88 Å². The minimum atomic E-state index is -0.393. The number of thiophene rings is 1. The molecule has 0 saturated carbocycles. The van der Waals surface area contributed by atoms with E-state index in [1.807, 2.05) is 0 Å². The Kier molecular flexibility index (Phi) is 3.85. The first-order valence-electron chi connectivity index (χ1n) is 4.84. The second kappa shape index (κ2) is 5.19. The van der Waals surface area contributed by atoms with Crippen LogP contribution >= 0.6 is 38.6 Å². The van der Waals surface area contributed by atoms with Gasteiger partial charge in [0.25, 0.3) is 0 Å². The molecule has 2 heterocycles. The minimum Gasteiger partial charge on any atom is -0.258 e. The van der Waals surface area contributed by atoms with Crippen LogP contribution in [0.5, 0.6) is 0 Å². The lowest BCUT2D eigenvalue weighted by atomic mass is 10.4.